The van der Waals surface area contributed by atoms with E-state index < -0.39 is 22.7 Å². The summed E-state index contributed by atoms with van der Waals surface area (Å²) in [4.78, 5) is 2.97. The summed E-state index contributed by atoms with van der Waals surface area (Å²) in [6, 6.07) is 22.0. The molecule has 0 bridgehead atoms. The Labute approximate surface area is 174 Å². The van der Waals surface area contributed by atoms with Crippen molar-refractivity contribution in [1.29, 1.82) is 10.5 Å². The Morgan fingerprint density at radius 3 is 2.47 bits per heavy atom. The number of benzene rings is 2. The number of rotatable bonds is 4. The van der Waals surface area contributed by atoms with Gasteiger partial charge < -0.3 is 14.2 Å². The molecule has 3 aliphatic rings. The second kappa shape index (κ2) is 6.30. The fraction of sp³-hybridized carbons (Fsp3) is 0.348. The summed E-state index contributed by atoms with van der Waals surface area (Å²) in [5.74, 6) is -0.948. The number of ether oxygens (including phenoxy) is 3. The lowest BCUT2D eigenvalue weighted by Gasteiger charge is -2.24. The van der Waals surface area contributed by atoms with Crippen LogP contribution in [0.2, 0.25) is 0 Å². The molecule has 2 heterocycles. The highest BCUT2D eigenvalue weighted by Gasteiger charge is 2.97. The third-order valence-electron chi connectivity index (χ3n) is 6.35. The van der Waals surface area contributed by atoms with E-state index in [4.69, 9.17) is 19.9 Å². The summed E-state index contributed by atoms with van der Waals surface area (Å²) in [5, 5.41) is 20.3. The zero-order chi connectivity index (χ0) is 21.0. The Kier molecular flexibility index (Phi) is 3.91. The first-order chi connectivity index (χ1) is 14.5. The molecule has 7 heteroatoms. The average Bonchev–Trinajstić information content (AvgIpc) is 3.16. The first kappa shape index (κ1) is 18.6. The molecule has 2 aliphatic heterocycles. The zero-order valence-corrected chi connectivity index (χ0v) is 16.5. The Morgan fingerprint density at radius 1 is 1.13 bits per heavy atom. The topological polar surface area (TPSA) is 115 Å². The van der Waals surface area contributed by atoms with E-state index in [2.05, 4.69) is 17.1 Å². The van der Waals surface area contributed by atoms with Crippen LogP contribution in [0.4, 0.5) is 0 Å². The van der Waals surface area contributed by atoms with E-state index in [9.17, 15) is 10.5 Å². The molecule has 2 aromatic rings. The lowest BCUT2D eigenvalue weighted by atomic mass is 9.94. The molecule has 0 unspecified atom stereocenters. The van der Waals surface area contributed by atoms with Crippen LogP contribution in [0.25, 0.3) is 0 Å². The Morgan fingerprint density at radius 2 is 1.87 bits per heavy atom. The largest absolute Gasteiger partial charge is 0.489 e. The highest BCUT2D eigenvalue weighted by molar-refractivity contribution is 5.95. The van der Waals surface area contributed by atoms with Crippen molar-refractivity contribution < 1.29 is 19.2 Å². The average molecular weight is 401 g/mol. The molecule has 1 aliphatic carbocycles. The second-order valence-electron chi connectivity index (χ2n) is 8.01. The van der Waals surface area contributed by atoms with Crippen LogP contribution in [-0.2, 0) is 16.1 Å². The molecule has 7 nitrogen and oxygen atoms in total. The predicted molar refractivity (Wildman–Crippen MR) is 105 cm³/mol. The lowest BCUT2D eigenvalue weighted by Crippen LogP contribution is -2.90. The molecular weight excluding hydrogens is 380 g/mol. The highest BCUT2D eigenvalue weighted by atomic mass is 16.8. The fourth-order valence-electron chi connectivity index (χ4n) is 4.96. The van der Waals surface area contributed by atoms with Gasteiger partial charge in [-0.1, -0.05) is 42.5 Å². The Hall–Kier alpha value is -3.39. The van der Waals surface area contributed by atoms with Gasteiger partial charge in [-0.2, -0.15) is 10.5 Å². The molecule has 1 spiro atoms. The summed E-state index contributed by atoms with van der Waals surface area (Å²) in [7, 11) is 0. The summed E-state index contributed by atoms with van der Waals surface area (Å²) >= 11 is 0. The van der Waals surface area contributed by atoms with E-state index in [0.717, 1.165) is 11.1 Å². The maximum absolute atomic E-state index is 10.2. The number of hydrogen-bond donors (Lipinski definition) is 2. The number of nitrogens with zero attached hydrogens (tertiary/aromatic N) is 2. The Bertz CT molecular complexity index is 1100. The van der Waals surface area contributed by atoms with Gasteiger partial charge in [0.25, 0.3) is 5.84 Å². The molecule has 150 valence electrons. The van der Waals surface area contributed by atoms with E-state index in [-0.39, 0.29) is 11.9 Å². The minimum absolute atomic E-state index is 0.208. The molecule has 0 radical (unpaired) electrons. The summed E-state index contributed by atoms with van der Waals surface area (Å²) in [6.45, 7) is 2.64. The molecular formula is C23H21N4O3+. The molecule has 2 aromatic carbocycles. The molecule has 0 aromatic heterocycles. The van der Waals surface area contributed by atoms with Gasteiger partial charge >= 0.3 is 5.91 Å². The standard InChI is InChI=1S/C23H20N4O3/c1-15-11-29-23(30-15)22(14-25)19(21(22,13-24)20(26)27-23)17-7-9-18(10-8-17)28-12-16-5-3-2-4-6-16/h2-10,15,19H,11-12H2,1H3,(H2,26,27)/p+1/t15-,19+,21+,22+,23+/m0/s1. The van der Waals surface area contributed by atoms with Gasteiger partial charge in [-0.05, 0) is 30.2 Å². The normalized spacial score (nSPS) is 35.9. The van der Waals surface area contributed by atoms with Gasteiger partial charge in [0.1, 0.15) is 12.4 Å². The maximum atomic E-state index is 10.2. The monoisotopic (exact) mass is 401 g/mol. The van der Waals surface area contributed by atoms with Gasteiger partial charge in [-0.25, -0.2) is 4.99 Å². The van der Waals surface area contributed by atoms with Gasteiger partial charge in [0, 0.05) is 5.92 Å². The first-order valence-corrected chi connectivity index (χ1v) is 9.85. The van der Waals surface area contributed by atoms with Crippen LogP contribution in [-0.4, -0.2) is 24.5 Å². The predicted octanol–water partition coefficient (Wildman–Crippen LogP) is 0.923. The number of nitrogens with two attached hydrogens (primary N) is 1. The van der Waals surface area contributed by atoms with Crippen molar-refractivity contribution in [1.82, 2.24) is 0 Å². The number of hydrogen-bond acceptors (Lipinski definition) is 6. The molecule has 5 atom stereocenters. The number of amidine groups is 1. The number of nitrogens with one attached hydrogen (secondary N) is 1. The third-order valence-corrected chi connectivity index (χ3v) is 6.35. The van der Waals surface area contributed by atoms with E-state index in [1.807, 2.05) is 61.5 Å². The molecule has 5 rings (SSSR count). The number of fused-ring (bicyclic) bond motifs is 2. The van der Waals surface area contributed by atoms with Crippen molar-refractivity contribution >= 4 is 5.84 Å². The third kappa shape index (κ3) is 2.16. The van der Waals surface area contributed by atoms with Crippen LogP contribution >= 0.6 is 0 Å². The minimum Gasteiger partial charge on any atom is -0.489 e. The van der Waals surface area contributed by atoms with Gasteiger partial charge in [-0.15, -0.1) is 0 Å². The summed E-state index contributed by atoms with van der Waals surface area (Å²) < 4.78 is 17.7. The van der Waals surface area contributed by atoms with Crippen LogP contribution < -0.4 is 15.5 Å². The van der Waals surface area contributed by atoms with E-state index >= 15 is 0 Å². The molecule has 30 heavy (non-hydrogen) atoms. The Balaban J connectivity index is 1.44. The summed E-state index contributed by atoms with van der Waals surface area (Å²) in [6.07, 6.45) is -0.208. The first-order valence-electron chi connectivity index (χ1n) is 9.85. The molecule has 3 N–H and O–H groups in total. The SMILES string of the molecule is C[C@H]1CO[C@@]2([NH+]=C(N)[C@@]3(C#N)[C@@H](c4ccc(OCc5ccccc5)cc4)[C@@]23C#N)O1. The van der Waals surface area contributed by atoms with Crippen molar-refractivity contribution in [2.45, 2.75) is 31.5 Å². The molecule has 1 saturated carbocycles. The summed E-state index contributed by atoms with van der Waals surface area (Å²) in [5.41, 5.74) is 5.67. The second-order valence-corrected chi connectivity index (χ2v) is 8.01. The van der Waals surface area contributed by atoms with Crippen molar-refractivity contribution in [2.75, 3.05) is 6.61 Å². The molecule has 1 saturated heterocycles. The quantitative estimate of drug-likeness (QED) is 0.787. The minimum atomic E-state index is -1.41. The van der Waals surface area contributed by atoms with Crippen LogP contribution in [0.3, 0.4) is 0 Å². The van der Waals surface area contributed by atoms with E-state index in [1.165, 1.54) is 0 Å². The zero-order valence-electron chi connectivity index (χ0n) is 16.5. The van der Waals surface area contributed by atoms with E-state index in [0.29, 0.717) is 19.0 Å². The lowest BCUT2D eigenvalue weighted by molar-refractivity contribution is -0.677. The van der Waals surface area contributed by atoms with Crippen molar-refractivity contribution in [2.24, 2.45) is 16.6 Å². The van der Waals surface area contributed by atoms with Crippen molar-refractivity contribution in [3.63, 3.8) is 0 Å². The van der Waals surface area contributed by atoms with Gasteiger partial charge in [0.2, 0.25) is 0 Å². The van der Waals surface area contributed by atoms with Gasteiger partial charge in [0.05, 0.1) is 24.8 Å². The molecule has 0 amide bonds. The fourth-order valence-corrected chi connectivity index (χ4v) is 4.96. The van der Waals surface area contributed by atoms with Gasteiger partial charge in [-0.3, -0.25) is 5.73 Å². The van der Waals surface area contributed by atoms with Crippen LogP contribution in [0.1, 0.15) is 24.0 Å². The van der Waals surface area contributed by atoms with E-state index in [1.54, 1.807) is 0 Å². The molecule has 2 fully saturated rings. The van der Waals surface area contributed by atoms with Gasteiger partial charge in [0.15, 0.2) is 10.8 Å². The number of nitriles is 2. The van der Waals surface area contributed by atoms with Crippen LogP contribution in [0.15, 0.2) is 54.6 Å². The van der Waals surface area contributed by atoms with Crippen molar-refractivity contribution in [3.8, 4) is 17.9 Å². The maximum Gasteiger partial charge on any atom is 0.343 e. The highest BCUT2D eigenvalue weighted by Crippen LogP contribution is 2.79. The van der Waals surface area contributed by atoms with Crippen LogP contribution in [0, 0.1) is 33.5 Å². The smallest absolute Gasteiger partial charge is 0.343 e. The van der Waals surface area contributed by atoms with Crippen molar-refractivity contribution in [3.05, 3.63) is 65.7 Å². The van der Waals surface area contributed by atoms with Crippen LogP contribution in [0.5, 0.6) is 5.75 Å².